The van der Waals surface area contributed by atoms with E-state index in [-0.39, 0.29) is 12.1 Å². The third kappa shape index (κ3) is 3.65. The SMILES string of the molecule is OC(CN1CCNCC1)Cn1c(C(F)(F)F)nc2ccccc21. The highest BCUT2D eigenvalue weighted by Gasteiger charge is 2.38. The monoisotopic (exact) mass is 328 g/mol. The van der Waals surface area contributed by atoms with Gasteiger partial charge in [-0.1, -0.05) is 12.1 Å². The van der Waals surface area contributed by atoms with Crippen LogP contribution in [-0.4, -0.2) is 58.4 Å². The summed E-state index contributed by atoms with van der Waals surface area (Å²) in [6, 6.07) is 6.46. The van der Waals surface area contributed by atoms with E-state index in [1.165, 1.54) is 0 Å². The van der Waals surface area contributed by atoms with Gasteiger partial charge in [0.25, 0.3) is 0 Å². The Hall–Kier alpha value is -1.64. The maximum Gasteiger partial charge on any atom is 0.449 e. The number of β-amino-alcohol motifs (C(OH)–C–C–N with tert-alkyl or cyclic N) is 1. The molecule has 8 heteroatoms. The first-order valence-electron chi connectivity index (χ1n) is 7.59. The highest BCUT2D eigenvalue weighted by atomic mass is 19.4. The number of hydrogen-bond donors (Lipinski definition) is 2. The topological polar surface area (TPSA) is 53.3 Å². The van der Waals surface area contributed by atoms with Crippen LogP contribution in [0.4, 0.5) is 13.2 Å². The molecule has 0 saturated carbocycles. The van der Waals surface area contributed by atoms with Crippen LogP contribution in [-0.2, 0) is 12.7 Å². The third-order valence-corrected chi connectivity index (χ3v) is 3.98. The largest absolute Gasteiger partial charge is 0.449 e. The van der Waals surface area contributed by atoms with Crippen molar-refractivity contribution in [3.8, 4) is 0 Å². The Balaban J connectivity index is 1.83. The van der Waals surface area contributed by atoms with Crippen LogP contribution in [0.2, 0.25) is 0 Å². The summed E-state index contributed by atoms with van der Waals surface area (Å²) >= 11 is 0. The van der Waals surface area contributed by atoms with Crippen LogP contribution in [0.1, 0.15) is 5.82 Å². The van der Waals surface area contributed by atoms with Crippen LogP contribution in [0, 0.1) is 0 Å². The maximum atomic E-state index is 13.2. The summed E-state index contributed by atoms with van der Waals surface area (Å²) in [5, 5.41) is 13.4. The van der Waals surface area contributed by atoms with E-state index in [2.05, 4.69) is 10.3 Å². The van der Waals surface area contributed by atoms with E-state index in [0.29, 0.717) is 12.1 Å². The molecule has 1 aromatic heterocycles. The number of piperazine rings is 1. The number of halogens is 3. The Bertz CT molecular complexity index is 664. The van der Waals surface area contributed by atoms with Crippen molar-refractivity contribution >= 4 is 11.0 Å². The smallest absolute Gasteiger partial charge is 0.390 e. The molecule has 1 unspecified atom stereocenters. The van der Waals surface area contributed by atoms with Gasteiger partial charge < -0.3 is 15.0 Å². The summed E-state index contributed by atoms with van der Waals surface area (Å²) in [7, 11) is 0. The first-order valence-corrected chi connectivity index (χ1v) is 7.59. The van der Waals surface area contributed by atoms with Gasteiger partial charge in [-0.25, -0.2) is 4.98 Å². The summed E-state index contributed by atoms with van der Waals surface area (Å²) in [5.41, 5.74) is 0.674. The summed E-state index contributed by atoms with van der Waals surface area (Å²) in [4.78, 5) is 5.74. The lowest BCUT2D eigenvalue weighted by Crippen LogP contribution is -2.47. The number of nitrogens with one attached hydrogen (secondary N) is 1. The predicted molar refractivity (Wildman–Crippen MR) is 80.1 cm³/mol. The van der Waals surface area contributed by atoms with Crippen LogP contribution >= 0.6 is 0 Å². The first-order chi connectivity index (χ1) is 10.9. The number of nitrogens with zero attached hydrogens (tertiary/aromatic N) is 3. The fraction of sp³-hybridized carbons (Fsp3) is 0.533. The lowest BCUT2D eigenvalue weighted by atomic mass is 10.2. The second-order valence-electron chi connectivity index (χ2n) is 5.74. The number of rotatable bonds is 4. The number of benzene rings is 1. The molecule has 1 atom stereocenters. The molecule has 1 aromatic carbocycles. The van der Waals surface area contributed by atoms with Gasteiger partial charge in [0, 0.05) is 32.7 Å². The summed E-state index contributed by atoms with van der Waals surface area (Å²) in [6.45, 7) is 3.45. The van der Waals surface area contributed by atoms with Gasteiger partial charge in [-0.15, -0.1) is 0 Å². The molecule has 0 spiro atoms. The summed E-state index contributed by atoms with van der Waals surface area (Å²) in [5.74, 6) is -0.960. The molecular formula is C15H19F3N4O. The molecule has 126 valence electrons. The molecule has 0 amide bonds. The van der Waals surface area contributed by atoms with Crippen LogP contribution in [0.3, 0.4) is 0 Å². The fourth-order valence-corrected chi connectivity index (χ4v) is 2.94. The molecule has 1 saturated heterocycles. The van der Waals surface area contributed by atoms with Crippen LogP contribution in [0.5, 0.6) is 0 Å². The quantitative estimate of drug-likeness (QED) is 0.889. The molecule has 1 fully saturated rings. The van der Waals surface area contributed by atoms with Crippen molar-refractivity contribution in [2.45, 2.75) is 18.8 Å². The Labute approximate surface area is 131 Å². The van der Waals surface area contributed by atoms with Gasteiger partial charge in [0.2, 0.25) is 5.82 Å². The molecule has 0 aliphatic carbocycles. The Morgan fingerprint density at radius 1 is 1.17 bits per heavy atom. The molecule has 0 radical (unpaired) electrons. The zero-order chi connectivity index (χ0) is 16.4. The van der Waals surface area contributed by atoms with Crippen LogP contribution < -0.4 is 5.32 Å². The minimum Gasteiger partial charge on any atom is -0.390 e. The second kappa shape index (κ2) is 6.46. The van der Waals surface area contributed by atoms with Crippen molar-refractivity contribution in [2.24, 2.45) is 0 Å². The van der Waals surface area contributed by atoms with Gasteiger partial charge in [0.15, 0.2) is 0 Å². The highest BCUT2D eigenvalue weighted by Crippen LogP contribution is 2.31. The number of para-hydroxylation sites is 2. The number of aliphatic hydroxyl groups is 1. The minimum absolute atomic E-state index is 0.126. The van der Waals surface area contributed by atoms with E-state index in [0.717, 1.165) is 30.7 Å². The zero-order valence-electron chi connectivity index (χ0n) is 12.6. The fourth-order valence-electron chi connectivity index (χ4n) is 2.94. The van der Waals surface area contributed by atoms with Crippen molar-refractivity contribution < 1.29 is 18.3 Å². The number of aromatic nitrogens is 2. The second-order valence-corrected chi connectivity index (χ2v) is 5.74. The molecule has 5 nitrogen and oxygen atoms in total. The molecule has 23 heavy (non-hydrogen) atoms. The molecule has 0 bridgehead atoms. The van der Waals surface area contributed by atoms with Crippen molar-refractivity contribution in [3.05, 3.63) is 30.1 Å². The molecule has 1 aliphatic heterocycles. The summed E-state index contributed by atoms with van der Waals surface area (Å²) in [6.07, 6.45) is -5.43. The minimum atomic E-state index is -4.55. The van der Waals surface area contributed by atoms with E-state index in [1.807, 2.05) is 4.90 Å². The molecule has 2 aromatic rings. The predicted octanol–water partition coefficient (Wildman–Crippen LogP) is 1.32. The Morgan fingerprint density at radius 3 is 2.57 bits per heavy atom. The van der Waals surface area contributed by atoms with E-state index in [4.69, 9.17) is 0 Å². The standard InChI is InChI=1S/C15H19F3N4O/c16-15(17,18)14-20-12-3-1-2-4-13(12)22(14)10-11(23)9-21-7-5-19-6-8-21/h1-4,11,19,23H,5-10H2. The van der Waals surface area contributed by atoms with E-state index in [9.17, 15) is 18.3 Å². The van der Waals surface area contributed by atoms with E-state index in [1.54, 1.807) is 24.3 Å². The van der Waals surface area contributed by atoms with Crippen LogP contribution in [0.25, 0.3) is 11.0 Å². The van der Waals surface area contributed by atoms with Crippen molar-refractivity contribution in [2.75, 3.05) is 32.7 Å². The lowest BCUT2D eigenvalue weighted by Gasteiger charge is -2.29. The number of fused-ring (bicyclic) bond motifs is 1. The highest BCUT2D eigenvalue weighted by molar-refractivity contribution is 5.76. The number of aliphatic hydroxyl groups excluding tert-OH is 1. The zero-order valence-corrected chi connectivity index (χ0v) is 12.6. The molecule has 1 aliphatic rings. The normalized spacial score (nSPS) is 18.4. The van der Waals surface area contributed by atoms with Gasteiger partial charge in [-0.2, -0.15) is 13.2 Å². The molecule has 3 rings (SSSR count). The van der Waals surface area contributed by atoms with Gasteiger partial charge in [0.1, 0.15) is 0 Å². The van der Waals surface area contributed by atoms with Crippen LogP contribution in [0.15, 0.2) is 24.3 Å². The van der Waals surface area contributed by atoms with Crippen molar-refractivity contribution in [1.82, 2.24) is 19.8 Å². The van der Waals surface area contributed by atoms with Crippen molar-refractivity contribution in [1.29, 1.82) is 0 Å². The average molecular weight is 328 g/mol. The summed E-state index contributed by atoms with van der Waals surface area (Å²) < 4.78 is 40.7. The average Bonchev–Trinajstić information content (AvgIpc) is 2.87. The number of hydrogen-bond acceptors (Lipinski definition) is 4. The van der Waals surface area contributed by atoms with Gasteiger partial charge in [0.05, 0.1) is 23.7 Å². The van der Waals surface area contributed by atoms with Gasteiger partial charge in [-0.3, -0.25) is 4.90 Å². The number of alkyl halides is 3. The Kier molecular flexibility index (Phi) is 4.56. The van der Waals surface area contributed by atoms with Gasteiger partial charge in [-0.05, 0) is 12.1 Å². The maximum absolute atomic E-state index is 13.2. The van der Waals surface area contributed by atoms with E-state index < -0.39 is 18.1 Å². The molecular weight excluding hydrogens is 309 g/mol. The molecule has 2 N–H and O–H groups in total. The van der Waals surface area contributed by atoms with E-state index >= 15 is 0 Å². The number of imidazole rings is 1. The molecule has 2 heterocycles. The Morgan fingerprint density at radius 2 is 1.87 bits per heavy atom. The first kappa shape index (κ1) is 16.2. The third-order valence-electron chi connectivity index (χ3n) is 3.98. The van der Waals surface area contributed by atoms with Crippen molar-refractivity contribution in [3.63, 3.8) is 0 Å². The van der Waals surface area contributed by atoms with Gasteiger partial charge >= 0.3 is 6.18 Å². The lowest BCUT2D eigenvalue weighted by molar-refractivity contribution is -0.147.